The van der Waals surface area contributed by atoms with Gasteiger partial charge in [0.1, 0.15) is 0 Å². The number of hydrogen-bond acceptors (Lipinski definition) is 4. The second kappa shape index (κ2) is 9.25. The SMILES string of the molecule is O=C(NCc1ccc(-c2ccccc2)cc1)NSc1ccc([N+](=O)[O-])cc1Cl. The Morgan fingerprint density at radius 2 is 1.68 bits per heavy atom. The summed E-state index contributed by atoms with van der Waals surface area (Å²) in [6, 6.07) is 21.7. The van der Waals surface area contributed by atoms with Crippen LogP contribution in [-0.2, 0) is 6.54 Å². The molecule has 0 heterocycles. The number of halogens is 1. The van der Waals surface area contributed by atoms with Crippen molar-refractivity contribution in [2.45, 2.75) is 11.4 Å². The first-order chi connectivity index (χ1) is 13.5. The van der Waals surface area contributed by atoms with Crippen molar-refractivity contribution in [3.63, 3.8) is 0 Å². The molecule has 3 aromatic rings. The average molecular weight is 414 g/mol. The third kappa shape index (κ3) is 5.25. The average Bonchev–Trinajstić information content (AvgIpc) is 2.72. The normalized spacial score (nSPS) is 10.3. The number of hydrogen-bond donors (Lipinski definition) is 2. The van der Waals surface area contributed by atoms with E-state index in [4.69, 9.17) is 11.6 Å². The number of urea groups is 1. The lowest BCUT2D eigenvalue weighted by Crippen LogP contribution is -2.30. The maximum Gasteiger partial charge on any atom is 0.325 e. The number of non-ortho nitro benzene ring substituents is 1. The van der Waals surface area contributed by atoms with Crippen LogP contribution in [0.1, 0.15) is 5.56 Å². The molecule has 0 spiro atoms. The van der Waals surface area contributed by atoms with Gasteiger partial charge in [0.2, 0.25) is 0 Å². The largest absolute Gasteiger partial charge is 0.333 e. The van der Waals surface area contributed by atoms with Crippen LogP contribution in [0.25, 0.3) is 11.1 Å². The molecule has 0 unspecified atom stereocenters. The summed E-state index contributed by atoms with van der Waals surface area (Å²) in [6.07, 6.45) is 0. The van der Waals surface area contributed by atoms with Gasteiger partial charge in [-0.25, -0.2) is 4.79 Å². The highest BCUT2D eigenvalue weighted by Gasteiger charge is 2.11. The molecule has 142 valence electrons. The Balaban J connectivity index is 1.50. The van der Waals surface area contributed by atoms with Gasteiger partial charge in [0, 0.05) is 23.6 Å². The van der Waals surface area contributed by atoms with Crippen LogP contribution in [-0.4, -0.2) is 11.0 Å². The molecule has 28 heavy (non-hydrogen) atoms. The number of carbonyl (C=O) groups excluding carboxylic acids is 1. The maximum atomic E-state index is 12.0. The molecule has 0 aliphatic heterocycles. The molecule has 2 amide bonds. The number of nitrogens with zero attached hydrogens (tertiary/aromatic N) is 1. The molecular weight excluding hydrogens is 398 g/mol. The van der Waals surface area contributed by atoms with Crippen molar-refractivity contribution in [1.29, 1.82) is 0 Å². The van der Waals surface area contributed by atoms with Crippen molar-refractivity contribution in [1.82, 2.24) is 10.0 Å². The second-order valence-corrected chi connectivity index (χ2v) is 7.08. The van der Waals surface area contributed by atoms with Gasteiger partial charge in [0.25, 0.3) is 5.69 Å². The highest BCUT2D eigenvalue weighted by Crippen LogP contribution is 2.28. The second-order valence-electron chi connectivity index (χ2n) is 5.82. The van der Waals surface area contributed by atoms with Crippen molar-refractivity contribution < 1.29 is 9.72 Å². The minimum atomic E-state index is -0.524. The summed E-state index contributed by atoms with van der Waals surface area (Å²) in [5.41, 5.74) is 3.11. The minimum Gasteiger partial charge on any atom is -0.333 e. The fraction of sp³-hybridized carbons (Fsp3) is 0.0500. The molecule has 6 nitrogen and oxygen atoms in total. The van der Waals surface area contributed by atoms with Gasteiger partial charge in [0.15, 0.2) is 0 Å². The number of nitro benzene ring substituents is 1. The van der Waals surface area contributed by atoms with Gasteiger partial charge in [-0.2, -0.15) is 0 Å². The van der Waals surface area contributed by atoms with Crippen LogP contribution < -0.4 is 10.0 Å². The van der Waals surface area contributed by atoms with Gasteiger partial charge in [-0.05, 0) is 34.7 Å². The lowest BCUT2D eigenvalue weighted by molar-refractivity contribution is -0.384. The maximum absolute atomic E-state index is 12.0. The quantitative estimate of drug-likeness (QED) is 0.321. The molecule has 0 aliphatic rings. The van der Waals surface area contributed by atoms with E-state index in [0.29, 0.717) is 11.4 Å². The van der Waals surface area contributed by atoms with Gasteiger partial charge in [-0.1, -0.05) is 66.2 Å². The smallest absolute Gasteiger partial charge is 0.325 e. The van der Waals surface area contributed by atoms with Crippen molar-refractivity contribution in [2.24, 2.45) is 0 Å². The lowest BCUT2D eigenvalue weighted by Gasteiger charge is -2.09. The Hall–Kier alpha value is -3.03. The summed E-state index contributed by atoms with van der Waals surface area (Å²) in [7, 11) is 0. The Bertz CT molecular complexity index is 982. The van der Waals surface area contributed by atoms with Crippen molar-refractivity contribution >= 4 is 35.3 Å². The molecule has 0 bridgehead atoms. The third-order valence-corrected chi connectivity index (χ3v) is 5.18. The Kier molecular flexibility index (Phi) is 6.52. The minimum absolute atomic E-state index is 0.0993. The van der Waals surface area contributed by atoms with Crippen molar-refractivity contribution in [2.75, 3.05) is 0 Å². The summed E-state index contributed by atoms with van der Waals surface area (Å²) in [6.45, 7) is 0.370. The summed E-state index contributed by atoms with van der Waals surface area (Å²) in [4.78, 5) is 22.7. The van der Waals surface area contributed by atoms with Crippen LogP contribution in [0.5, 0.6) is 0 Å². The number of amides is 2. The molecule has 3 rings (SSSR count). The van der Waals surface area contributed by atoms with Gasteiger partial charge >= 0.3 is 6.03 Å². The molecule has 0 radical (unpaired) electrons. The van der Waals surface area contributed by atoms with E-state index in [1.807, 2.05) is 54.6 Å². The zero-order valence-electron chi connectivity index (χ0n) is 14.6. The molecule has 8 heteroatoms. The Labute approximate surface area is 171 Å². The monoisotopic (exact) mass is 413 g/mol. The van der Waals surface area contributed by atoms with E-state index in [-0.39, 0.29) is 16.7 Å². The Morgan fingerprint density at radius 3 is 2.32 bits per heavy atom. The summed E-state index contributed by atoms with van der Waals surface area (Å²) >= 11 is 6.99. The van der Waals surface area contributed by atoms with Crippen molar-refractivity contribution in [3.8, 4) is 11.1 Å². The predicted molar refractivity (Wildman–Crippen MR) is 111 cm³/mol. The van der Waals surface area contributed by atoms with Crippen LogP contribution in [0, 0.1) is 10.1 Å². The van der Waals surface area contributed by atoms with Gasteiger partial charge in [-0.15, -0.1) is 0 Å². The van der Waals surface area contributed by atoms with E-state index in [2.05, 4.69) is 10.0 Å². The number of carbonyl (C=O) groups is 1. The first-order valence-electron chi connectivity index (χ1n) is 8.32. The molecule has 0 fully saturated rings. The molecule has 0 saturated carbocycles. The highest BCUT2D eigenvalue weighted by molar-refractivity contribution is 7.98. The van der Waals surface area contributed by atoms with E-state index in [0.717, 1.165) is 28.6 Å². The van der Waals surface area contributed by atoms with Gasteiger partial charge in [-0.3, -0.25) is 14.8 Å². The van der Waals surface area contributed by atoms with Crippen molar-refractivity contribution in [3.05, 3.63) is 93.5 Å². The standard InChI is InChI=1S/C20H16ClN3O3S/c21-18-12-17(24(26)27)10-11-19(18)28-23-20(25)22-13-14-6-8-16(9-7-14)15-4-2-1-3-5-15/h1-12H,13H2,(H2,22,23,25). The van der Waals surface area contributed by atoms with E-state index >= 15 is 0 Å². The molecule has 3 aromatic carbocycles. The predicted octanol–water partition coefficient (Wildman–Crippen LogP) is 5.42. The third-order valence-electron chi connectivity index (χ3n) is 3.89. The zero-order chi connectivity index (χ0) is 19.9. The molecule has 2 N–H and O–H groups in total. The summed E-state index contributed by atoms with van der Waals surface area (Å²) in [5, 5.41) is 13.7. The van der Waals surface area contributed by atoms with E-state index in [1.54, 1.807) is 0 Å². The molecule has 0 saturated heterocycles. The zero-order valence-corrected chi connectivity index (χ0v) is 16.2. The lowest BCUT2D eigenvalue weighted by atomic mass is 10.0. The number of nitrogens with one attached hydrogen (secondary N) is 2. The Morgan fingerprint density at radius 1 is 1.00 bits per heavy atom. The first-order valence-corrected chi connectivity index (χ1v) is 9.51. The van der Waals surface area contributed by atoms with Crippen LogP contribution >= 0.6 is 23.5 Å². The van der Waals surface area contributed by atoms with E-state index < -0.39 is 4.92 Å². The fourth-order valence-corrected chi connectivity index (χ4v) is 3.31. The molecule has 0 aromatic heterocycles. The van der Waals surface area contributed by atoms with Crippen LogP contribution in [0.15, 0.2) is 77.7 Å². The van der Waals surface area contributed by atoms with E-state index in [1.165, 1.54) is 18.2 Å². The summed E-state index contributed by atoms with van der Waals surface area (Å²) < 4.78 is 2.61. The van der Waals surface area contributed by atoms with Gasteiger partial charge < -0.3 is 5.32 Å². The number of benzene rings is 3. The van der Waals surface area contributed by atoms with Crippen LogP contribution in [0.2, 0.25) is 5.02 Å². The highest BCUT2D eigenvalue weighted by atomic mass is 35.5. The molecular formula is C20H16ClN3O3S. The number of rotatable bonds is 6. The molecule has 0 aliphatic carbocycles. The fourth-order valence-electron chi connectivity index (χ4n) is 2.45. The van der Waals surface area contributed by atoms with E-state index in [9.17, 15) is 14.9 Å². The van der Waals surface area contributed by atoms with Gasteiger partial charge in [0.05, 0.1) is 9.95 Å². The van der Waals surface area contributed by atoms with Crippen LogP contribution in [0.3, 0.4) is 0 Å². The summed E-state index contributed by atoms with van der Waals surface area (Å²) in [5.74, 6) is 0. The number of nitro groups is 1. The van der Waals surface area contributed by atoms with Crippen LogP contribution in [0.4, 0.5) is 10.5 Å². The first kappa shape index (κ1) is 19.7. The topological polar surface area (TPSA) is 84.3 Å². The molecule has 0 atom stereocenters.